The van der Waals surface area contributed by atoms with Crippen LogP contribution in [0.4, 0.5) is 11.6 Å². The summed E-state index contributed by atoms with van der Waals surface area (Å²) in [5.41, 5.74) is 0. The summed E-state index contributed by atoms with van der Waals surface area (Å²) in [7, 11) is 1.82. The van der Waals surface area contributed by atoms with E-state index in [0.717, 1.165) is 44.0 Å². The largest absolute Gasteiger partial charge is 0.393 e. The van der Waals surface area contributed by atoms with Gasteiger partial charge in [-0.05, 0) is 25.2 Å². The van der Waals surface area contributed by atoms with Gasteiger partial charge in [0.15, 0.2) is 0 Å². The first kappa shape index (κ1) is 15.0. The highest BCUT2D eigenvalue weighted by Gasteiger charge is 2.24. The maximum Gasteiger partial charge on any atom is 0.241 e. The molecule has 7 heteroatoms. The third-order valence-corrected chi connectivity index (χ3v) is 4.52. The van der Waals surface area contributed by atoms with Crippen molar-refractivity contribution in [1.29, 1.82) is 0 Å². The molecule has 2 N–H and O–H groups in total. The van der Waals surface area contributed by atoms with Crippen molar-refractivity contribution >= 4 is 17.5 Å². The van der Waals surface area contributed by atoms with Gasteiger partial charge < -0.3 is 20.2 Å². The molecule has 0 aromatic carbocycles. The van der Waals surface area contributed by atoms with Gasteiger partial charge in [0, 0.05) is 32.7 Å². The number of nitrogens with zero attached hydrogens (tertiary/aromatic N) is 4. The maximum atomic E-state index is 11.8. The Morgan fingerprint density at radius 1 is 1.36 bits per heavy atom. The topological polar surface area (TPSA) is 81.6 Å². The fourth-order valence-electron chi connectivity index (χ4n) is 3.05. The lowest BCUT2D eigenvalue weighted by Crippen LogP contribution is -2.48. The van der Waals surface area contributed by atoms with E-state index < -0.39 is 0 Å². The second kappa shape index (κ2) is 6.48. The molecule has 1 saturated heterocycles. The molecule has 1 saturated carbocycles. The van der Waals surface area contributed by atoms with Crippen molar-refractivity contribution in [3.63, 3.8) is 0 Å². The number of amides is 1. The Balaban J connectivity index is 1.59. The molecule has 0 radical (unpaired) electrons. The highest BCUT2D eigenvalue weighted by atomic mass is 16.3. The van der Waals surface area contributed by atoms with Gasteiger partial charge in [0.05, 0.1) is 12.6 Å². The lowest BCUT2D eigenvalue weighted by Gasteiger charge is -2.32. The second-order valence-corrected chi connectivity index (χ2v) is 6.21. The predicted octanol–water partition coefficient (Wildman–Crippen LogP) is 0.328. The van der Waals surface area contributed by atoms with Gasteiger partial charge in [0.2, 0.25) is 5.91 Å². The zero-order valence-corrected chi connectivity index (χ0v) is 12.9. The van der Waals surface area contributed by atoms with Crippen LogP contribution in [0.3, 0.4) is 0 Å². The van der Waals surface area contributed by atoms with Crippen molar-refractivity contribution in [3.8, 4) is 0 Å². The van der Waals surface area contributed by atoms with Crippen LogP contribution >= 0.6 is 0 Å². The number of likely N-dealkylation sites (N-methyl/N-ethyl adjacent to an activating group) is 1. The van der Waals surface area contributed by atoms with Crippen molar-refractivity contribution in [3.05, 3.63) is 12.4 Å². The first-order chi connectivity index (χ1) is 10.6. The molecule has 1 aliphatic carbocycles. The SMILES string of the molecule is CN1CCN(c2cc(NCC3CCC(O)C3)ncn2)CC1=O. The molecule has 1 amide bonds. The van der Waals surface area contributed by atoms with Crippen LogP contribution in [0.2, 0.25) is 0 Å². The van der Waals surface area contributed by atoms with E-state index in [1.54, 1.807) is 4.90 Å². The third-order valence-electron chi connectivity index (χ3n) is 4.52. The highest BCUT2D eigenvalue weighted by Crippen LogP contribution is 2.25. The van der Waals surface area contributed by atoms with Crippen LogP contribution < -0.4 is 10.2 Å². The summed E-state index contributed by atoms with van der Waals surface area (Å²) in [6.45, 7) is 2.68. The van der Waals surface area contributed by atoms with Crippen molar-refractivity contribution in [2.45, 2.75) is 25.4 Å². The quantitative estimate of drug-likeness (QED) is 0.834. The standard InChI is InChI=1S/C15H23N5O2/c1-19-4-5-20(9-15(19)22)14-7-13(17-10-18-14)16-8-11-2-3-12(21)6-11/h7,10-12,21H,2-6,8-9H2,1H3,(H,16,17,18). The van der Waals surface area contributed by atoms with Crippen molar-refractivity contribution in [1.82, 2.24) is 14.9 Å². The molecule has 1 aromatic rings. The number of aliphatic hydroxyl groups excluding tert-OH is 1. The number of carbonyl (C=O) groups is 1. The number of rotatable bonds is 4. The van der Waals surface area contributed by atoms with Gasteiger partial charge >= 0.3 is 0 Å². The Bertz CT molecular complexity index is 538. The Labute approximate surface area is 130 Å². The van der Waals surface area contributed by atoms with E-state index in [2.05, 4.69) is 15.3 Å². The molecule has 0 spiro atoms. The van der Waals surface area contributed by atoms with Crippen LogP contribution in [0, 0.1) is 5.92 Å². The molecular formula is C15H23N5O2. The van der Waals surface area contributed by atoms with Crippen LogP contribution in [-0.2, 0) is 4.79 Å². The second-order valence-electron chi connectivity index (χ2n) is 6.21. The van der Waals surface area contributed by atoms with Gasteiger partial charge in [-0.1, -0.05) is 0 Å². The summed E-state index contributed by atoms with van der Waals surface area (Å²) < 4.78 is 0. The fourth-order valence-corrected chi connectivity index (χ4v) is 3.05. The Morgan fingerprint density at radius 3 is 2.95 bits per heavy atom. The van der Waals surface area contributed by atoms with E-state index >= 15 is 0 Å². The first-order valence-electron chi connectivity index (χ1n) is 7.84. The summed E-state index contributed by atoms with van der Waals surface area (Å²) in [4.78, 5) is 24.0. The third kappa shape index (κ3) is 3.47. The maximum absolute atomic E-state index is 11.8. The molecule has 1 aromatic heterocycles. The average molecular weight is 305 g/mol. The minimum Gasteiger partial charge on any atom is -0.393 e. The van der Waals surface area contributed by atoms with Crippen LogP contribution in [0.5, 0.6) is 0 Å². The minimum atomic E-state index is -0.149. The first-order valence-corrected chi connectivity index (χ1v) is 7.84. The number of carbonyl (C=O) groups excluding carboxylic acids is 1. The number of hydrogen-bond acceptors (Lipinski definition) is 6. The number of nitrogens with one attached hydrogen (secondary N) is 1. The van der Waals surface area contributed by atoms with Crippen LogP contribution in [0.15, 0.2) is 12.4 Å². The number of piperazine rings is 1. The van der Waals surface area contributed by atoms with Gasteiger partial charge in [-0.25, -0.2) is 9.97 Å². The van der Waals surface area contributed by atoms with Gasteiger partial charge in [0.1, 0.15) is 18.0 Å². The monoisotopic (exact) mass is 305 g/mol. The number of hydrogen-bond donors (Lipinski definition) is 2. The summed E-state index contributed by atoms with van der Waals surface area (Å²) in [6.07, 6.45) is 4.19. The number of aliphatic hydroxyl groups is 1. The number of anilines is 2. The van der Waals surface area contributed by atoms with E-state index in [-0.39, 0.29) is 12.0 Å². The lowest BCUT2D eigenvalue weighted by molar-refractivity contribution is -0.129. The molecule has 2 aliphatic rings. The predicted molar refractivity (Wildman–Crippen MR) is 83.7 cm³/mol. The normalized spacial score (nSPS) is 25.6. The molecule has 22 heavy (non-hydrogen) atoms. The zero-order valence-electron chi connectivity index (χ0n) is 12.9. The minimum absolute atomic E-state index is 0.110. The van der Waals surface area contributed by atoms with E-state index in [1.165, 1.54) is 6.33 Å². The van der Waals surface area contributed by atoms with E-state index in [0.29, 0.717) is 19.0 Å². The van der Waals surface area contributed by atoms with E-state index in [1.807, 2.05) is 18.0 Å². The Morgan fingerprint density at radius 2 is 2.23 bits per heavy atom. The van der Waals surface area contributed by atoms with Crippen LogP contribution in [-0.4, -0.2) is 65.2 Å². The molecule has 0 bridgehead atoms. The number of aromatic nitrogens is 2. The molecule has 2 fully saturated rings. The summed E-state index contributed by atoms with van der Waals surface area (Å²) in [5.74, 6) is 2.17. The summed E-state index contributed by atoms with van der Waals surface area (Å²) in [5, 5.41) is 12.9. The van der Waals surface area contributed by atoms with E-state index in [9.17, 15) is 9.90 Å². The molecule has 120 valence electrons. The van der Waals surface area contributed by atoms with Gasteiger partial charge in [0.25, 0.3) is 0 Å². The van der Waals surface area contributed by atoms with E-state index in [4.69, 9.17) is 0 Å². The van der Waals surface area contributed by atoms with Gasteiger partial charge in [-0.3, -0.25) is 4.79 Å². The van der Waals surface area contributed by atoms with Crippen molar-refractivity contribution in [2.75, 3.05) is 43.4 Å². The fraction of sp³-hybridized carbons (Fsp3) is 0.667. The molecule has 1 aliphatic heterocycles. The molecule has 2 heterocycles. The molecule has 2 unspecified atom stereocenters. The van der Waals surface area contributed by atoms with Crippen molar-refractivity contribution in [2.24, 2.45) is 5.92 Å². The molecule has 3 rings (SSSR count). The molecule has 7 nitrogen and oxygen atoms in total. The summed E-state index contributed by atoms with van der Waals surface area (Å²) >= 11 is 0. The van der Waals surface area contributed by atoms with Crippen molar-refractivity contribution < 1.29 is 9.90 Å². The zero-order chi connectivity index (χ0) is 15.5. The lowest BCUT2D eigenvalue weighted by atomic mass is 10.1. The van der Waals surface area contributed by atoms with Gasteiger partial charge in [-0.2, -0.15) is 0 Å². The summed E-state index contributed by atoms with van der Waals surface area (Å²) in [6, 6.07) is 1.89. The highest BCUT2D eigenvalue weighted by molar-refractivity contribution is 5.82. The Kier molecular flexibility index (Phi) is 4.42. The van der Waals surface area contributed by atoms with Crippen LogP contribution in [0.25, 0.3) is 0 Å². The van der Waals surface area contributed by atoms with Crippen LogP contribution in [0.1, 0.15) is 19.3 Å². The Hall–Kier alpha value is -1.89. The van der Waals surface area contributed by atoms with Gasteiger partial charge in [-0.15, -0.1) is 0 Å². The average Bonchev–Trinajstić information content (AvgIpc) is 2.94. The molecule has 2 atom stereocenters. The smallest absolute Gasteiger partial charge is 0.241 e. The molecular weight excluding hydrogens is 282 g/mol.